The molecule has 0 saturated heterocycles. The van der Waals surface area contributed by atoms with Gasteiger partial charge in [-0.2, -0.15) is 0 Å². The van der Waals surface area contributed by atoms with E-state index in [-0.39, 0.29) is 29.7 Å². The first-order valence-electron chi connectivity index (χ1n) is 7.60. The van der Waals surface area contributed by atoms with Crippen molar-refractivity contribution in [3.8, 4) is 0 Å². The SMILES string of the molecule is CCOC(=O)CN(C(=O)CSc1ccc(F)cc1F)c1ccccc1. The van der Waals surface area contributed by atoms with E-state index in [1.54, 1.807) is 37.3 Å². The molecule has 0 aliphatic carbocycles. The van der Waals surface area contributed by atoms with Crippen molar-refractivity contribution in [3.63, 3.8) is 0 Å². The van der Waals surface area contributed by atoms with Gasteiger partial charge in [0.05, 0.1) is 12.4 Å². The zero-order valence-corrected chi connectivity index (χ0v) is 14.4. The van der Waals surface area contributed by atoms with Crippen LogP contribution in [0.15, 0.2) is 53.4 Å². The molecule has 0 aliphatic heterocycles. The summed E-state index contributed by atoms with van der Waals surface area (Å²) < 4.78 is 31.5. The minimum atomic E-state index is -0.727. The molecular weight excluding hydrogens is 348 g/mol. The number of carbonyl (C=O) groups is 2. The van der Waals surface area contributed by atoms with Crippen LogP contribution in [0.1, 0.15) is 6.92 Å². The second-order valence-corrected chi connectivity index (χ2v) is 6.00. The lowest BCUT2D eigenvalue weighted by Crippen LogP contribution is -2.37. The van der Waals surface area contributed by atoms with Crippen LogP contribution in [-0.4, -0.2) is 30.8 Å². The Bertz CT molecular complexity index is 740. The molecule has 0 saturated carbocycles. The fourth-order valence-corrected chi connectivity index (χ4v) is 2.87. The van der Waals surface area contributed by atoms with Gasteiger partial charge in [0.15, 0.2) is 0 Å². The van der Waals surface area contributed by atoms with Crippen molar-refractivity contribution in [1.29, 1.82) is 0 Å². The third-order valence-electron chi connectivity index (χ3n) is 3.21. The zero-order valence-electron chi connectivity index (χ0n) is 13.6. The van der Waals surface area contributed by atoms with Gasteiger partial charge in [-0.1, -0.05) is 18.2 Å². The maximum absolute atomic E-state index is 13.7. The maximum atomic E-state index is 13.7. The number of para-hydroxylation sites is 1. The number of anilines is 1. The van der Waals surface area contributed by atoms with Crippen LogP contribution in [0.5, 0.6) is 0 Å². The second kappa shape index (κ2) is 9.17. The quantitative estimate of drug-likeness (QED) is 0.555. The van der Waals surface area contributed by atoms with Crippen LogP contribution in [0, 0.1) is 11.6 Å². The second-order valence-electron chi connectivity index (χ2n) is 4.98. The molecule has 4 nitrogen and oxygen atoms in total. The molecule has 25 heavy (non-hydrogen) atoms. The van der Waals surface area contributed by atoms with Gasteiger partial charge < -0.3 is 9.64 Å². The Kier molecular flexibility index (Phi) is 6.94. The Morgan fingerprint density at radius 1 is 1.12 bits per heavy atom. The van der Waals surface area contributed by atoms with Gasteiger partial charge in [0.1, 0.15) is 18.2 Å². The van der Waals surface area contributed by atoms with Crippen LogP contribution in [0.3, 0.4) is 0 Å². The summed E-state index contributed by atoms with van der Waals surface area (Å²) in [6.45, 7) is 1.66. The first-order valence-corrected chi connectivity index (χ1v) is 8.58. The Morgan fingerprint density at radius 3 is 2.48 bits per heavy atom. The average Bonchev–Trinajstić information content (AvgIpc) is 2.59. The van der Waals surface area contributed by atoms with Gasteiger partial charge in [0.2, 0.25) is 5.91 Å². The van der Waals surface area contributed by atoms with E-state index >= 15 is 0 Å². The molecule has 0 N–H and O–H groups in total. The smallest absolute Gasteiger partial charge is 0.326 e. The number of amides is 1. The summed E-state index contributed by atoms with van der Waals surface area (Å²) in [5.41, 5.74) is 0.542. The predicted molar refractivity (Wildman–Crippen MR) is 92.5 cm³/mol. The van der Waals surface area contributed by atoms with Gasteiger partial charge in [-0.3, -0.25) is 9.59 Å². The Morgan fingerprint density at radius 2 is 1.84 bits per heavy atom. The molecule has 0 atom stereocenters. The molecule has 0 aromatic heterocycles. The summed E-state index contributed by atoms with van der Waals surface area (Å²) in [7, 11) is 0. The largest absolute Gasteiger partial charge is 0.465 e. The van der Waals surface area contributed by atoms with E-state index in [1.807, 2.05) is 0 Å². The van der Waals surface area contributed by atoms with E-state index in [0.717, 1.165) is 23.9 Å². The van der Waals surface area contributed by atoms with Crippen molar-refractivity contribution in [2.45, 2.75) is 11.8 Å². The molecule has 2 rings (SSSR count). The number of ether oxygens (including phenoxy) is 1. The van der Waals surface area contributed by atoms with E-state index in [1.165, 1.54) is 11.0 Å². The number of esters is 1. The van der Waals surface area contributed by atoms with E-state index < -0.39 is 17.6 Å². The van der Waals surface area contributed by atoms with Gasteiger partial charge in [-0.15, -0.1) is 11.8 Å². The number of carbonyl (C=O) groups excluding carboxylic acids is 2. The molecule has 0 spiro atoms. The van der Waals surface area contributed by atoms with Crippen molar-refractivity contribution in [2.24, 2.45) is 0 Å². The van der Waals surface area contributed by atoms with E-state index in [4.69, 9.17) is 4.74 Å². The topological polar surface area (TPSA) is 46.6 Å². The van der Waals surface area contributed by atoms with Crippen molar-refractivity contribution in [2.75, 3.05) is 23.8 Å². The van der Waals surface area contributed by atoms with Crippen LogP contribution in [0.2, 0.25) is 0 Å². The highest BCUT2D eigenvalue weighted by Crippen LogP contribution is 2.24. The lowest BCUT2D eigenvalue weighted by atomic mass is 10.3. The maximum Gasteiger partial charge on any atom is 0.326 e. The summed E-state index contributed by atoms with van der Waals surface area (Å²) in [6, 6.07) is 11.8. The number of hydrogen-bond acceptors (Lipinski definition) is 4. The van der Waals surface area contributed by atoms with Crippen LogP contribution in [-0.2, 0) is 14.3 Å². The molecule has 0 fully saturated rings. The molecule has 1 amide bonds. The Labute approximate surface area is 148 Å². The van der Waals surface area contributed by atoms with Crippen LogP contribution in [0.25, 0.3) is 0 Å². The number of rotatable bonds is 7. The minimum absolute atomic E-state index is 0.100. The Hall–Kier alpha value is -2.41. The standard InChI is InChI=1S/C18H17F2NO3S/c1-2-24-18(23)11-21(14-6-4-3-5-7-14)17(22)12-25-16-9-8-13(19)10-15(16)20/h3-10H,2,11-12H2,1H3. The number of benzene rings is 2. The molecular formula is C18H17F2NO3S. The minimum Gasteiger partial charge on any atom is -0.465 e. The van der Waals surface area contributed by atoms with E-state index in [9.17, 15) is 18.4 Å². The highest BCUT2D eigenvalue weighted by Gasteiger charge is 2.20. The highest BCUT2D eigenvalue weighted by atomic mass is 32.2. The normalized spacial score (nSPS) is 10.4. The summed E-state index contributed by atoms with van der Waals surface area (Å²) in [5, 5.41) is 0. The number of hydrogen-bond donors (Lipinski definition) is 0. The summed E-state index contributed by atoms with van der Waals surface area (Å²) >= 11 is 0.942. The van der Waals surface area contributed by atoms with Gasteiger partial charge in [0.25, 0.3) is 0 Å². The van der Waals surface area contributed by atoms with E-state index in [0.29, 0.717) is 5.69 Å². The summed E-state index contributed by atoms with van der Waals surface area (Å²) in [4.78, 5) is 25.8. The molecule has 0 heterocycles. The fourth-order valence-electron chi connectivity index (χ4n) is 2.08. The van der Waals surface area contributed by atoms with Crippen LogP contribution in [0.4, 0.5) is 14.5 Å². The fraction of sp³-hybridized carbons (Fsp3) is 0.222. The summed E-state index contributed by atoms with van der Waals surface area (Å²) in [5.74, 6) is -2.42. The number of nitrogens with zero attached hydrogens (tertiary/aromatic N) is 1. The van der Waals surface area contributed by atoms with Crippen molar-refractivity contribution >= 4 is 29.3 Å². The van der Waals surface area contributed by atoms with Gasteiger partial charge >= 0.3 is 5.97 Å². The third-order valence-corrected chi connectivity index (χ3v) is 4.24. The van der Waals surface area contributed by atoms with Crippen LogP contribution >= 0.6 is 11.8 Å². The van der Waals surface area contributed by atoms with Gasteiger partial charge in [-0.25, -0.2) is 8.78 Å². The first-order chi connectivity index (χ1) is 12.0. The van der Waals surface area contributed by atoms with Gasteiger partial charge in [0, 0.05) is 16.6 Å². The van der Waals surface area contributed by atoms with Crippen molar-refractivity contribution in [3.05, 3.63) is 60.2 Å². The molecule has 0 radical (unpaired) electrons. The average molecular weight is 365 g/mol. The molecule has 2 aromatic rings. The van der Waals surface area contributed by atoms with E-state index in [2.05, 4.69) is 0 Å². The molecule has 7 heteroatoms. The molecule has 2 aromatic carbocycles. The first kappa shape index (κ1) is 18.9. The molecule has 0 bridgehead atoms. The lowest BCUT2D eigenvalue weighted by molar-refractivity contribution is -0.142. The summed E-state index contributed by atoms with van der Waals surface area (Å²) in [6.07, 6.45) is 0. The molecule has 0 unspecified atom stereocenters. The van der Waals surface area contributed by atoms with Crippen molar-refractivity contribution < 1.29 is 23.1 Å². The molecule has 0 aliphatic rings. The predicted octanol–water partition coefficient (Wildman–Crippen LogP) is 3.65. The third kappa shape index (κ3) is 5.56. The van der Waals surface area contributed by atoms with Crippen LogP contribution < -0.4 is 4.90 Å². The molecule has 132 valence electrons. The zero-order chi connectivity index (χ0) is 18.2. The Balaban J connectivity index is 2.10. The van der Waals surface area contributed by atoms with Crippen molar-refractivity contribution in [1.82, 2.24) is 0 Å². The number of halogens is 2. The van der Waals surface area contributed by atoms with Gasteiger partial charge in [-0.05, 0) is 31.2 Å². The monoisotopic (exact) mass is 365 g/mol. The lowest BCUT2D eigenvalue weighted by Gasteiger charge is -2.21. The highest BCUT2D eigenvalue weighted by molar-refractivity contribution is 8.00. The number of thioether (sulfide) groups is 1.